The zero-order valence-corrected chi connectivity index (χ0v) is 27.9. The van der Waals surface area contributed by atoms with E-state index in [-0.39, 0.29) is 55.5 Å². The minimum absolute atomic E-state index is 0. The number of hydrogen-bond acceptors (Lipinski definition) is 3. The monoisotopic (exact) mass is 799 g/mol. The molecule has 47 heavy (non-hydrogen) atoms. The average molecular weight is 800 g/mol. The Bertz CT molecular complexity index is 2710. The van der Waals surface area contributed by atoms with E-state index in [0.717, 1.165) is 33.2 Å². The van der Waals surface area contributed by atoms with Crippen LogP contribution in [0.2, 0.25) is 0 Å². The Balaban J connectivity index is 0.00000450. The fraction of sp³-hybridized carbons (Fsp3) is 0.125. The van der Waals surface area contributed by atoms with E-state index in [2.05, 4.69) is 50.0 Å². The van der Waals surface area contributed by atoms with E-state index in [9.17, 15) is 0 Å². The van der Waals surface area contributed by atoms with Crippen LogP contribution in [0.25, 0.3) is 27.6 Å². The number of aryl methyl sites for hydroxylation is 1. The average Bonchev–Trinajstić information content (AvgIpc) is 3.69. The third-order valence-corrected chi connectivity index (χ3v) is 7.93. The molecule has 7 aromatic rings. The molecule has 0 atom stereocenters. The predicted octanol–water partition coefficient (Wildman–Crippen LogP) is 9.43. The van der Waals surface area contributed by atoms with Crippen molar-refractivity contribution in [3.63, 3.8) is 0 Å². The van der Waals surface area contributed by atoms with Crippen LogP contribution in [0.3, 0.4) is 0 Å². The molecule has 4 aromatic carbocycles. The summed E-state index contributed by atoms with van der Waals surface area (Å²) in [5.41, 5.74) is 4.03. The van der Waals surface area contributed by atoms with Crippen molar-refractivity contribution in [3.8, 4) is 17.3 Å². The Kier molecular flexibility index (Phi) is 5.87. The number of hydrogen-bond donors (Lipinski definition) is 0. The summed E-state index contributed by atoms with van der Waals surface area (Å²) in [5.74, 6) is 1.48. The van der Waals surface area contributed by atoms with Crippen LogP contribution < -0.4 is 13.9 Å². The van der Waals surface area contributed by atoms with Gasteiger partial charge in [0, 0.05) is 52.2 Å². The van der Waals surface area contributed by atoms with Gasteiger partial charge in [-0.15, -0.1) is 23.6 Å². The Morgan fingerprint density at radius 2 is 1.66 bits per heavy atom. The summed E-state index contributed by atoms with van der Waals surface area (Å²) in [6, 6.07) is 29.7. The summed E-state index contributed by atoms with van der Waals surface area (Å²) in [4.78, 5) is 9.12. The van der Waals surface area contributed by atoms with Gasteiger partial charge in [-0.25, -0.2) is 4.98 Å². The van der Waals surface area contributed by atoms with Gasteiger partial charge in [0.15, 0.2) is 0 Å². The van der Waals surface area contributed by atoms with E-state index in [1.165, 1.54) is 21.3 Å². The van der Waals surface area contributed by atoms with Crippen LogP contribution in [0.5, 0.6) is 11.5 Å². The Labute approximate surface area is 298 Å². The van der Waals surface area contributed by atoms with E-state index in [0.29, 0.717) is 22.9 Å². The summed E-state index contributed by atoms with van der Waals surface area (Å²) in [5, 5.41) is 1.95. The first kappa shape index (κ1) is 23.2. The molecule has 0 amide bonds. The first-order chi connectivity index (χ1) is 25.2. The van der Waals surface area contributed by atoms with Crippen LogP contribution in [0.1, 0.15) is 41.5 Å². The van der Waals surface area contributed by atoms with E-state index < -0.39 is 18.9 Å². The maximum atomic E-state index is 8.82. The van der Waals surface area contributed by atoms with E-state index in [1.54, 1.807) is 36.5 Å². The molecule has 0 fully saturated rings. The number of para-hydroxylation sites is 2. The van der Waals surface area contributed by atoms with Crippen LogP contribution in [-0.2, 0) is 26.5 Å². The number of ether oxygens (including phenoxy) is 1. The normalized spacial score (nSPS) is 14.8. The molecule has 4 heterocycles. The number of benzene rings is 4. The van der Waals surface area contributed by atoms with Gasteiger partial charge in [0.05, 0.1) is 17.2 Å². The van der Waals surface area contributed by atoms with Crippen molar-refractivity contribution in [1.82, 2.24) is 23.7 Å². The number of aromatic nitrogens is 3. The summed E-state index contributed by atoms with van der Waals surface area (Å²) in [6.07, 6.45) is 5.38. The summed E-state index contributed by atoms with van der Waals surface area (Å²) >= 11 is 0. The minimum Gasteiger partial charge on any atom is -0.509 e. The smallest absolute Gasteiger partial charge is 0.509 e. The first-order valence-electron chi connectivity index (χ1n) is 18.3. The molecule has 0 saturated heterocycles. The third-order valence-electron chi connectivity index (χ3n) is 7.93. The first-order valence-corrected chi connectivity index (χ1v) is 14.8. The van der Waals surface area contributed by atoms with Gasteiger partial charge in [-0.1, -0.05) is 72.8 Å². The number of nitrogens with zero attached hydrogens (tertiary/aromatic N) is 5. The van der Waals surface area contributed by atoms with Crippen molar-refractivity contribution in [2.45, 2.75) is 33.0 Å². The van der Waals surface area contributed by atoms with Crippen molar-refractivity contribution in [2.24, 2.45) is 0 Å². The van der Waals surface area contributed by atoms with Crippen LogP contribution in [0.15, 0.2) is 116 Å². The molecule has 3 aromatic heterocycles. The molecule has 7 heteroatoms. The standard InChI is InChI=1S/C40H31N5O.Pt/c1-27-12-14-29(15-13-27)43-26-44(36-11-6-5-10-35(36)43)30-8-7-9-31(23-30)46-32-16-17-33-34-19-20-41-25-38(34)45(37(33)24-32)39-22-28(18-21-42-39)40(2,3)4;/h5-22,25H,1-4H3;/q;+2/i1D3,5D,6D,10D,11D;. The molecule has 230 valence electrons. The Morgan fingerprint density at radius 1 is 0.872 bits per heavy atom. The largest absolute Gasteiger partial charge is 2.00 e. The van der Waals surface area contributed by atoms with Crippen molar-refractivity contribution in [3.05, 3.63) is 139 Å². The fourth-order valence-electron chi connectivity index (χ4n) is 5.61. The molecule has 0 spiro atoms. The van der Waals surface area contributed by atoms with Gasteiger partial charge < -0.3 is 9.30 Å². The van der Waals surface area contributed by atoms with Gasteiger partial charge in [-0.2, -0.15) is 12.1 Å². The minimum atomic E-state index is -2.30. The van der Waals surface area contributed by atoms with Crippen molar-refractivity contribution in [2.75, 3.05) is 0 Å². The summed E-state index contributed by atoms with van der Waals surface area (Å²) in [7, 11) is 0. The summed E-state index contributed by atoms with van der Waals surface area (Å²) in [6.45, 7) is 4.17. The van der Waals surface area contributed by atoms with Gasteiger partial charge in [0.1, 0.15) is 11.5 Å². The maximum absolute atomic E-state index is 8.82. The van der Waals surface area contributed by atoms with Crippen molar-refractivity contribution < 1.29 is 35.4 Å². The van der Waals surface area contributed by atoms with Crippen LogP contribution in [-0.4, -0.2) is 20.5 Å². The second kappa shape index (κ2) is 11.9. The molecule has 1 aliphatic heterocycles. The van der Waals surface area contributed by atoms with Crippen LogP contribution in [0, 0.1) is 19.0 Å². The molecule has 0 saturated carbocycles. The molecular weight excluding hydrogens is 762 g/mol. The van der Waals surface area contributed by atoms with Gasteiger partial charge in [0.2, 0.25) is 5.69 Å². The molecule has 8 rings (SSSR count). The topological polar surface area (TPSA) is 46.0 Å². The van der Waals surface area contributed by atoms with Crippen molar-refractivity contribution in [1.29, 1.82) is 0 Å². The fourth-order valence-corrected chi connectivity index (χ4v) is 5.61. The SMILES string of the molecule is [2H]c1c([2H])c([2H])c2c(c1[2H])[N+](c1[c-]c(Oc3[c-]c4c(cc3)c3ccncc3n4-c3cc(C(C)(C)C)ccn3)ccc1)=C=[N+]2c1ccc(C([2H])([2H])[2H])cc1.[Pt+2]. The quantitative estimate of drug-likeness (QED) is 0.129. The molecule has 6 nitrogen and oxygen atoms in total. The molecule has 0 aliphatic carbocycles. The van der Waals surface area contributed by atoms with Gasteiger partial charge in [-0.3, -0.25) is 4.98 Å². The van der Waals surface area contributed by atoms with E-state index >= 15 is 0 Å². The second-order valence-electron chi connectivity index (χ2n) is 12.0. The molecule has 0 radical (unpaired) electrons. The zero-order chi connectivity index (χ0) is 37.4. The molecule has 1 aliphatic rings. The Morgan fingerprint density at radius 3 is 2.45 bits per heavy atom. The summed E-state index contributed by atoms with van der Waals surface area (Å²) < 4.78 is 69.0. The van der Waals surface area contributed by atoms with Crippen molar-refractivity contribution >= 4 is 50.6 Å². The zero-order valence-electron chi connectivity index (χ0n) is 32.6. The van der Waals surface area contributed by atoms with E-state index in [1.807, 2.05) is 41.2 Å². The number of fused-ring (bicyclic) bond motifs is 4. The number of pyridine rings is 2. The van der Waals surface area contributed by atoms with Gasteiger partial charge >= 0.3 is 27.1 Å². The van der Waals surface area contributed by atoms with Crippen LogP contribution in [0.4, 0.5) is 22.7 Å². The van der Waals surface area contributed by atoms with E-state index in [4.69, 9.17) is 19.3 Å². The Hall–Kier alpha value is -5.15. The number of rotatable bonds is 5. The predicted molar refractivity (Wildman–Crippen MR) is 185 cm³/mol. The molecule has 0 bridgehead atoms. The van der Waals surface area contributed by atoms with Crippen LogP contribution >= 0.6 is 0 Å². The van der Waals surface area contributed by atoms with Gasteiger partial charge in [-0.05, 0) is 46.0 Å². The molecule has 0 N–H and O–H groups in total. The third kappa shape index (κ3) is 5.50. The second-order valence-corrected chi connectivity index (χ2v) is 12.0. The molecule has 0 unspecified atom stereocenters. The molecular formula is C40H31N5OPt+2. The van der Waals surface area contributed by atoms with Gasteiger partial charge in [0.25, 0.3) is 11.4 Å². The maximum Gasteiger partial charge on any atom is 2.00 e.